The Hall–Kier alpha value is -6.98. The van der Waals surface area contributed by atoms with Crippen molar-refractivity contribution in [2.75, 3.05) is 10.6 Å². The number of anilines is 2. The molecule has 0 spiro atoms. The molecule has 0 radical (unpaired) electrons. The van der Waals surface area contributed by atoms with Crippen LogP contribution >= 0.6 is 0 Å². The summed E-state index contributed by atoms with van der Waals surface area (Å²) in [5.74, 6) is 0. The summed E-state index contributed by atoms with van der Waals surface area (Å²) in [5.41, 5.74) is 14.6. The number of unbranched alkanes of at least 4 members (excludes halogenated alkanes) is 1. The minimum absolute atomic E-state index is 0.0335. The Morgan fingerprint density at radius 1 is 0.323 bits per heavy atom. The number of hydrogen-bond donors (Lipinski definition) is 4. The van der Waals surface area contributed by atoms with E-state index in [2.05, 4.69) is 241 Å². The average Bonchev–Trinajstić information content (AvgIpc) is 3.35. The van der Waals surface area contributed by atoms with Crippen molar-refractivity contribution in [2.45, 2.75) is 51.1 Å². The van der Waals surface area contributed by atoms with Crippen LogP contribution in [0.15, 0.2) is 206 Å². The first kappa shape index (κ1) is 39.2. The Morgan fingerprint density at radius 3 is 1.10 bits per heavy atom. The molecule has 0 aliphatic carbocycles. The van der Waals surface area contributed by atoms with E-state index >= 15 is 0 Å². The SMILES string of the molecule is CCCC.c1ccc(-c2ccc3cc(C4NC(c5ccc(C6Nc7ccccc7C(c7ccc8cc(-c9ccccc9)ccc8c7)N6)cc5)Nc5ccccc54)ccc3c2)cc1. The predicted octanol–water partition coefficient (Wildman–Crippen LogP) is 14.7. The van der Waals surface area contributed by atoms with Gasteiger partial charge in [0.25, 0.3) is 0 Å². The van der Waals surface area contributed by atoms with Crippen molar-refractivity contribution in [1.29, 1.82) is 0 Å². The van der Waals surface area contributed by atoms with Crippen LogP contribution in [-0.4, -0.2) is 0 Å². The van der Waals surface area contributed by atoms with E-state index in [-0.39, 0.29) is 24.4 Å². The van der Waals surface area contributed by atoms with E-state index in [9.17, 15) is 0 Å². The number of hydrogen-bond acceptors (Lipinski definition) is 4. The Balaban J connectivity index is 0.00000110. The van der Waals surface area contributed by atoms with Crippen molar-refractivity contribution in [3.8, 4) is 22.3 Å². The second kappa shape index (κ2) is 17.6. The zero-order valence-corrected chi connectivity index (χ0v) is 35.4. The molecule has 0 aromatic heterocycles. The third kappa shape index (κ3) is 7.99. The molecule has 62 heavy (non-hydrogen) atoms. The van der Waals surface area contributed by atoms with Gasteiger partial charge in [0.1, 0.15) is 12.3 Å². The van der Waals surface area contributed by atoms with Crippen LogP contribution in [-0.2, 0) is 0 Å². The molecule has 2 heterocycles. The zero-order chi connectivity index (χ0) is 41.8. The second-order valence-electron chi connectivity index (χ2n) is 16.6. The maximum atomic E-state index is 3.97. The molecule has 4 unspecified atom stereocenters. The van der Waals surface area contributed by atoms with E-state index in [1.165, 1.54) is 90.0 Å². The maximum absolute atomic E-state index is 3.97. The predicted molar refractivity (Wildman–Crippen MR) is 261 cm³/mol. The monoisotopic (exact) mass is 804 g/mol. The molecule has 304 valence electrons. The minimum Gasteiger partial charge on any atom is -0.366 e. The summed E-state index contributed by atoms with van der Waals surface area (Å²) in [7, 11) is 0. The van der Waals surface area contributed by atoms with Crippen LogP contribution in [0.2, 0.25) is 0 Å². The van der Waals surface area contributed by atoms with Gasteiger partial charge in [-0.05, 0) is 114 Å². The van der Waals surface area contributed by atoms with Crippen LogP contribution in [0.25, 0.3) is 43.8 Å². The highest BCUT2D eigenvalue weighted by molar-refractivity contribution is 5.89. The summed E-state index contributed by atoms with van der Waals surface area (Å²) in [6, 6.07) is 75.0. The lowest BCUT2D eigenvalue weighted by molar-refractivity contribution is 0.501. The molecule has 0 fully saturated rings. The van der Waals surface area contributed by atoms with E-state index in [0.717, 1.165) is 11.4 Å². The van der Waals surface area contributed by atoms with Crippen molar-refractivity contribution >= 4 is 32.9 Å². The third-order valence-corrected chi connectivity index (χ3v) is 12.5. The summed E-state index contributed by atoms with van der Waals surface area (Å²) in [6.45, 7) is 4.36. The van der Waals surface area contributed by atoms with Gasteiger partial charge in [-0.1, -0.05) is 197 Å². The lowest BCUT2D eigenvalue weighted by Gasteiger charge is -2.36. The lowest BCUT2D eigenvalue weighted by atomic mass is 9.90. The van der Waals surface area contributed by atoms with Crippen LogP contribution in [0.4, 0.5) is 11.4 Å². The molecule has 11 rings (SSSR count). The van der Waals surface area contributed by atoms with E-state index < -0.39 is 0 Å². The van der Waals surface area contributed by atoms with Crippen molar-refractivity contribution < 1.29 is 0 Å². The molecular weight excluding hydrogens is 753 g/mol. The summed E-state index contributed by atoms with van der Waals surface area (Å²) in [6.07, 6.45) is 2.51. The molecule has 4 nitrogen and oxygen atoms in total. The normalized spacial score (nSPS) is 17.8. The molecule has 9 aromatic carbocycles. The molecule has 0 saturated heterocycles. The minimum atomic E-state index is -0.0640. The average molecular weight is 805 g/mol. The van der Waals surface area contributed by atoms with Crippen LogP contribution in [0.1, 0.15) is 84.5 Å². The van der Waals surface area contributed by atoms with E-state index in [1.54, 1.807) is 0 Å². The van der Waals surface area contributed by atoms with Crippen molar-refractivity contribution in [3.63, 3.8) is 0 Å². The topological polar surface area (TPSA) is 48.1 Å². The highest BCUT2D eigenvalue weighted by atomic mass is 15.2. The van der Waals surface area contributed by atoms with Crippen LogP contribution in [0.5, 0.6) is 0 Å². The smallest absolute Gasteiger partial charge is 0.104 e. The van der Waals surface area contributed by atoms with Gasteiger partial charge >= 0.3 is 0 Å². The van der Waals surface area contributed by atoms with Crippen LogP contribution in [0.3, 0.4) is 0 Å². The molecule has 0 amide bonds. The highest BCUT2D eigenvalue weighted by Crippen LogP contribution is 2.40. The third-order valence-electron chi connectivity index (χ3n) is 12.5. The summed E-state index contributed by atoms with van der Waals surface area (Å²) >= 11 is 0. The molecule has 9 aromatic rings. The number of rotatable bonds is 7. The molecule has 0 saturated carbocycles. The van der Waals surface area contributed by atoms with Crippen molar-refractivity contribution in [2.24, 2.45) is 0 Å². The first-order valence-corrected chi connectivity index (χ1v) is 22.1. The molecule has 2 aliphatic heterocycles. The van der Waals surface area contributed by atoms with E-state index in [4.69, 9.17) is 0 Å². The second-order valence-corrected chi connectivity index (χ2v) is 16.6. The largest absolute Gasteiger partial charge is 0.366 e. The molecule has 4 heteroatoms. The maximum Gasteiger partial charge on any atom is 0.104 e. The Bertz CT molecular complexity index is 2760. The summed E-state index contributed by atoms with van der Waals surface area (Å²) in [4.78, 5) is 0. The van der Waals surface area contributed by atoms with Gasteiger partial charge in [0.05, 0.1) is 12.1 Å². The highest BCUT2D eigenvalue weighted by Gasteiger charge is 2.30. The van der Waals surface area contributed by atoms with Gasteiger partial charge < -0.3 is 10.6 Å². The van der Waals surface area contributed by atoms with Crippen LogP contribution < -0.4 is 21.3 Å². The van der Waals surface area contributed by atoms with Gasteiger partial charge in [0.15, 0.2) is 0 Å². The van der Waals surface area contributed by atoms with Gasteiger partial charge in [0.2, 0.25) is 0 Å². The fraction of sp³-hybridized carbons (Fsp3) is 0.138. The van der Waals surface area contributed by atoms with E-state index in [0.29, 0.717) is 0 Å². The molecule has 4 atom stereocenters. The van der Waals surface area contributed by atoms with Crippen molar-refractivity contribution in [3.05, 3.63) is 240 Å². The number of para-hydroxylation sites is 2. The molecular formula is C58H52N4. The number of nitrogens with one attached hydrogen (secondary N) is 4. The molecule has 2 aliphatic rings. The quantitative estimate of drug-likeness (QED) is 0.130. The fourth-order valence-electron chi connectivity index (χ4n) is 8.97. The van der Waals surface area contributed by atoms with Gasteiger partial charge in [-0.2, -0.15) is 0 Å². The first-order valence-electron chi connectivity index (χ1n) is 22.1. The fourth-order valence-corrected chi connectivity index (χ4v) is 8.97. The molecule has 0 bridgehead atoms. The zero-order valence-electron chi connectivity index (χ0n) is 35.4. The van der Waals surface area contributed by atoms with Crippen molar-refractivity contribution in [1.82, 2.24) is 10.6 Å². The Morgan fingerprint density at radius 2 is 0.677 bits per heavy atom. The van der Waals surface area contributed by atoms with E-state index in [1.807, 2.05) is 0 Å². The Kier molecular flexibility index (Phi) is 11.1. The lowest BCUT2D eigenvalue weighted by Crippen LogP contribution is -2.38. The van der Waals surface area contributed by atoms with Crippen LogP contribution in [0, 0.1) is 0 Å². The standard InChI is InChI=1S/C54H42N4.C4H10/c1-3-11-35(12-4-1)39-23-25-43-33-45(29-27-41(43)31-39)51-47-15-7-9-17-49(47)55-53(57-51)37-19-21-38(22-20-37)54-56-50-18-10-8-16-48(50)52(58-54)46-30-28-42-32-40(24-26-44(42)34-46)36-13-5-2-6-14-36;1-3-4-2/h1-34,51-58H;3-4H2,1-2H3. The van der Waals surface area contributed by atoms with Gasteiger partial charge in [0, 0.05) is 11.4 Å². The summed E-state index contributed by atoms with van der Waals surface area (Å²) < 4.78 is 0. The van der Waals surface area contributed by atoms with Gasteiger partial charge in [-0.15, -0.1) is 0 Å². The summed E-state index contributed by atoms with van der Waals surface area (Å²) in [5, 5.41) is 20.5. The number of fused-ring (bicyclic) bond motifs is 4. The molecule has 4 N–H and O–H groups in total. The first-order chi connectivity index (χ1) is 30.6. The van der Waals surface area contributed by atoms with Gasteiger partial charge in [-0.25, -0.2) is 0 Å². The Labute approximate surface area is 365 Å². The number of benzene rings is 9. The van der Waals surface area contributed by atoms with Gasteiger partial charge in [-0.3, -0.25) is 10.6 Å².